The molecule has 0 saturated carbocycles. The fourth-order valence-electron chi connectivity index (χ4n) is 3.12. The van der Waals surface area contributed by atoms with E-state index in [1.807, 2.05) is 0 Å². The first-order chi connectivity index (χ1) is 14.3. The Labute approximate surface area is 178 Å². The number of rotatable bonds is 6. The number of hydrogen-bond donors (Lipinski definition) is 3. The Morgan fingerprint density at radius 3 is 2.47 bits per heavy atom. The van der Waals surface area contributed by atoms with E-state index in [4.69, 9.17) is 21.7 Å². The third-order valence-corrected chi connectivity index (χ3v) is 4.83. The van der Waals surface area contributed by atoms with Gasteiger partial charge in [-0.3, -0.25) is 14.9 Å². The van der Waals surface area contributed by atoms with Crippen molar-refractivity contribution in [2.24, 2.45) is 0 Å². The monoisotopic (exact) mass is 428 g/mol. The van der Waals surface area contributed by atoms with Crippen LogP contribution in [-0.4, -0.2) is 30.2 Å². The van der Waals surface area contributed by atoms with Crippen molar-refractivity contribution in [2.75, 3.05) is 19.5 Å². The number of ether oxygens (including phenoxy) is 2. The molecule has 30 heavy (non-hydrogen) atoms. The number of methoxy groups -OCH3 is 2. The van der Waals surface area contributed by atoms with Gasteiger partial charge < -0.3 is 25.4 Å². The number of thiocarbonyl (C=S) groups is 1. The summed E-state index contributed by atoms with van der Waals surface area (Å²) in [7, 11) is 3.04. The van der Waals surface area contributed by atoms with E-state index in [0.717, 1.165) is 0 Å². The number of benzene rings is 2. The number of anilines is 1. The van der Waals surface area contributed by atoms with Crippen molar-refractivity contribution in [3.63, 3.8) is 0 Å². The highest BCUT2D eigenvalue weighted by Crippen LogP contribution is 2.32. The normalized spacial score (nSPS) is 15.7. The maximum absolute atomic E-state index is 13.2. The SMILES string of the molecule is COc1ccc(NC(=O)C2=C(C)NC(=S)NC2c2ccc([N+](=O)[O-])cc2)c(OC)c1. The molecule has 0 saturated heterocycles. The topological polar surface area (TPSA) is 115 Å². The molecule has 2 aromatic carbocycles. The van der Waals surface area contributed by atoms with Gasteiger partial charge in [0.15, 0.2) is 5.11 Å². The molecule has 9 nitrogen and oxygen atoms in total. The summed E-state index contributed by atoms with van der Waals surface area (Å²) in [5.74, 6) is 0.664. The maximum atomic E-state index is 13.2. The van der Waals surface area contributed by atoms with E-state index >= 15 is 0 Å². The molecule has 1 amide bonds. The molecule has 1 unspecified atom stereocenters. The van der Waals surface area contributed by atoms with Crippen molar-refractivity contribution >= 4 is 34.6 Å². The minimum atomic E-state index is -0.580. The predicted octanol–water partition coefficient (Wildman–Crippen LogP) is 3.04. The summed E-state index contributed by atoms with van der Waals surface area (Å²) < 4.78 is 10.5. The number of allylic oxidation sites excluding steroid dienone is 1. The van der Waals surface area contributed by atoms with Crippen LogP contribution in [0.15, 0.2) is 53.7 Å². The highest BCUT2D eigenvalue weighted by Gasteiger charge is 2.30. The lowest BCUT2D eigenvalue weighted by molar-refractivity contribution is -0.384. The number of amides is 1. The van der Waals surface area contributed by atoms with Crippen LogP contribution in [-0.2, 0) is 4.79 Å². The van der Waals surface area contributed by atoms with Gasteiger partial charge in [-0.2, -0.15) is 0 Å². The highest BCUT2D eigenvalue weighted by atomic mass is 32.1. The summed E-state index contributed by atoms with van der Waals surface area (Å²) in [6.45, 7) is 1.74. The zero-order chi connectivity index (χ0) is 21.8. The Kier molecular flexibility index (Phi) is 6.17. The molecule has 156 valence electrons. The highest BCUT2D eigenvalue weighted by molar-refractivity contribution is 7.80. The Morgan fingerprint density at radius 2 is 1.87 bits per heavy atom. The molecule has 1 heterocycles. The number of nitro groups is 1. The van der Waals surface area contributed by atoms with Crippen LogP contribution in [0, 0.1) is 10.1 Å². The van der Waals surface area contributed by atoms with E-state index in [2.05, 4.69) is 16.0 Å². The van der Waals surface area contributed by atoms with Gasteiger partial charge in [0.05, 0.1) is 36.4 Å². The number of carbonyl (C=O) groups is 1. The van der Waals surface area contributed by atoms with Gasteiger partial charge in [0, 0.05) is 23.9 Å². The van der Waals surface area contributed by atoms with Crippen LogP contribution in [0.25, 0.3) is 0 Å². The molecule has 0 spiro atoms. The van der Waals surface area contributed by atoms with Crippen LogP contribution in [0.3, 0.4) is 0 Å². The number of hydrogen-bond acceptors (Lipinski definition) is 6. The molecule has 10 heteroatoms. The van der Waals surface area contributed by atoms with Crippen LogP contribution >= 0.6 is 12.2 Å². The van der Waals surface area contributed by atoms with Crippen molar-refractivity contribution < 1.29 is 19.2 Å². The minimum Gasteiger partial charge on any atom is -0.497 e. The molecule has 0 radical (unpaired) electrons. The van der Waals surface area contributed by atoms with Crippen molar-refractivity contribution in [2.45, 2.75) is 13.0 Å². The summed E-state index contributed by atoms with van der Waals surface area (Å²) in [5.41, 5.74) is 2.07. The summed E-state index contributed by atoms with van der Waals surface area (Å²) >= 11 is 5.23. The molecule has 1 atom stereocenters. The smallest absolute Gasteiger partial charge is 0.269 e. The van der Waals surface area contributed by atoms with Crippen molar-refractivity contribution in [1.82, 2.24) is 10.6 Å². The quantitative estimate of drug-likeness (QED) is 0.365. The van der Waals surface area contributed by atoms with E-state index in [0.29, 0.717) is 39.1 Å². The van der Waals surface area contributed by atoms with Crippen LogP contribution in [0.2, 0.25) is 0 Å². The van der Waals surface area contributed by atoms with E-state index < -0.39 is 11.0 Å². The maximum Gasteiger partial charge on any atom is 0.269 e. The fourth-order valence-corrected chi connectivity index (χ4v) is 3.40. The molecule has 2 aromatic rings. The average Bonchev–Trinajstić information content (AvgIpc) is 2.73. The molecule has 0 bridgehead atoms. The first-order valence-corrected chi connectivity index (χ1v) is 9.31. The van der Waals surface area contributed by atoms with Crippen molar-refractivity contribution in [3.05, 3.63) is 69.4 Å². The summed E-state index contributed by atoms with van der Waals surface area (Å²) in [4.78, 5) is 23.6. The lowest BCUT2D eigenvalue weighted by Crippen LogP contribution is -2.45. The largest absolute Gasteiger partial charge is 0.497 e. The molecule has 0 fully saturated rings. The molecule has 3 rings (SSSR count). The number of nitro benzene ring substituents is 1. The Hall–Kier alpha value is -3.66. The predicted molar refractivity (Wildman–Crippen MR) is 116 cm³/mol. The number of non-ortho nitro benzene ring substituents is 1. The minimum absolute atomic E-state index is 0.0371. The van der Waals surface area contributed by atoms with Gasteiger partial charge in [0.25, 0.3) is 11.6 Å². The van der Waals surface area contributed by atoms with Crippen LogP contribution in [0.5, 0.6) is 11.5 Å². The van der Waals surface area contributed by atoms with Gasteiger partial charge in [-0.25, -0.2) is 0 Å². The van der Waals surface area contributed by atoms with Crippen LogP contribution in [0.1, 0.15) is 18.5 Å². The lowest BCUT2D eigenvalue weighted by Gasteiger charge is -2.30. The molecule has 1 aliphatic rings. The molecular weight excluding hydrogens is 408 g/mol. The second-order valence-corrected chi connectivity index (χ2v) is 6.85. The first kappa shape index (κ1) is 21.1. The zero-order valence-corrected chi connectivity index (χ0v) is 17.3. The second-order valence-electron chi connectivity index (χ2n) is 6.44. The van der Waals surface area contributed by atoms with Crippen LogP contribution in [0.4, 0.5) is 11.4 Å². The second kappa shape index (κ2) is 8.78. The summed E-state index contributed by atoms with van der Waals surface area (Å²) in [6.07, 6.45) is 0. The van der Waals surface area contributed by atoms with Gasteiger partial charge in [0.1, 0.15) is 11.5 Å². The Morgan fingerprint density at radius 1 is 1.17 bits per heavy atom. The van der Waals surface area contributed by atoms with E-state index in [1.165, 1.54) is 26.4 Å². The molecular formula is C20H20N4O5S. The standard InChI is InChI=1S/C20H20N4O5S/c1-11-17(19(25)22-15-9-8-14(28-2)10-16(15)29-3)18(23-20(30)21-11)12-4-6-13(7-5-12)24(26)27/h4-10,18H,1-3H3,(H,22,25)(H2,21,23,30). The van der Waals surface area contributed by atoms with Crippen molar-refractivity contribution in [1.29, 1.82) is 0 Å². The van der Waals surface area contributed by atoms with Crippen molar-refractivity contribution in [3.8, 4) is 11.5 Å². The van der Waals surface area contributed by atoms with Gasteiger partial charge in [0.2, 0.25) is 0 Å². The van der Waals surface area contributed by atoms with E-state index in [1.54, 1.807) is 37.3 Å². The lowest BCUT2D eigenvalue weighted by atomic mass is 9.94. The average molecular weight is 428 g/mol. The van der Waals surface area contributed by atoms with Gasteiger partial charge in [-0.15, -0.1) is 0 Å². The van der Waals surface area contributed by atoms with Crippen LogP contribution < -0.4 is 25.4 Å². The third kappa shape index (κ3) is 4.33. The van der Waals surface area contributed by atoms with E-state index in [9.17, 15) is 14.9 Å². The fraction of sp³-hybridized carbons (Fsp3) is 0.200. The number of carbonyl (C=O) groups excluding carboxylic acids is 1. The summed E-state index contributed by atoms with van der Waals surface area (Å²) in [6, 6.07) is 10.4. The third-order valence-electron chi connectivity index (χ3n) is 4.61. The first-order valence-electron chi connectivity index (χ1n) is 8.90. The van der Waals surface area contributed by atoms with Gasteiger partial charge >= 0.3 is 0 Å². The Balaban J connectivity index is 1.94. The molecule has 0 aromatic heterocycles. The molecule has 0 aliphatic carbocycles. The molecule has 3 N–H and O–H groups in total. The van der Waals surface area contributed by atoms with Gasteiger partial charge in [-0.1, -0.05) is 0 Å². The van der Waals surface area contributed by atoms with Gasteiger partial charge in [-0.05, 0) is 49.0 Å². The van der Waals surface area contributed by atoms with E-state index in [-0.39, 0.29) is 11.6 Å². The molecule has 1 aliphatic heterocycles. The summed E-state index contributed by atoms with van der Waals surface area (Å²) in [5, 5.41) is 20.2. The number of nitrogens with zero attached hydrogens (tertiary/aromatic N) is 1. The Bertz CT molecular complexity index is 1040. The number of nitrogens with one attached hydrogen (secondary N) is 3. The zero-order valence-electron chi connectivity index (χ0n) is 16.5.